The van der Waals surface area contributed by atoms with Gasteiger partial charge in [0, 0.05) is 23.7 Å². The summed E-state index contributed by atoms with van der Waals surface area (Å²) < 4.78 is 14.8. The van der Waals surface area contributed by atoms with Crippen LogP contribution < -0.4 is 0 Å². The molecule has 0 spiro atoms. The fraction of sp³-hybridized carbons (Fsp3) is 0.357. The average molecular weight is 283 g/mol. The van der Waals surface area contributed by atoms with Crippen molar-refractivity contribution in [1.29, 1.82) is 0 Å². The van der Waals surface area contributed by atoms with Crippen LogP contribution in [-0.2, 0) is 6.42 Å². The smallest absolute Gasteiger partial charge is 0.124 e. The molecule has 2 rings (SSSR count). The van der Waals surface area contributed by atoms with Crippen molar-refractivity contribution in [2.45, 2.75) is 32.4 Å². The van der Waals surface area contributed by atoms with E-state index in [1.54, 1.807) is 0 Å². The van der Waals surface area contributed by atoms with Crippen LogP contribution in [0.2, 0.25) is 5.02 Å². The molecule has 0 bridgehead atoms. The normalized spacial score (nSPS) is 12.9. The second-order valence-electron chi connectivity index (χ2n) is 4.77. The van der Waals surface area contributed by atoms with Gasteiger partial charge in [-0.3, -0.25) is 4.68 Å². The largest absolute Gasteiger partial charge is 0.388 e. The number of aromatic nitrogens is 2. The van der Waals surface area contributed by atoms with E-state index in [0.717, 1.165) is 5.69 Å². The van der Waals surface area contributed by atoms with Crippen LogP contribution in [0.15, 0.2) is 30.5 Å². The molecule has 0 amide bonds. The molecule has 0 saturated carbocycles. The van der Waals surface area contributed by atoms with Gasteiger partial charge in [0.1, 0.15) is 5.82 Å². The summed E-state index contributed by atoms with van der Waals surface area (Å²) in [5.41, 5.74) is 1.30. The Bertz CT molecular complexity index is 568. The summed E-state index contributed by atoms with van der Waals surface area (Å²) in [7, 11) is 0. The first kappa shape index (κ1) is 14.0. The van der Waals surface area contributed by atoms with Gasteiger partial charge in [-0.2, -0.15) is 5.10 Å². The zero-order valence-corrected chi connectivity index (χ0v) is 11.6. The lowest BCUT2D eigenvalue weighted by Gasteiger charge is -2.11. The molecular formula is C14H16ClFN2O. The molecule has 0 aliphatic rings. The van der Waals surface area contributed by atoms with Gasteiger partial charge in [0.2, 0.25) is 0 Å². The first-order valence-electron chi connectivity index (χ1n) is 6.14. The van der Waals surface area contributed by atoms with Gasteiger partial charge in [0.15, 0.2) is 0 Å². The van der Waals surface area contributed by atoms with Crippen LogP contribution in [0, 0.1) is 5.82 Å². The number of aliphatic hydroxyl groups excluding tert-OH is 1. The minimum Gasteiger partial charge on any atom is -0.388 e. The number of hydrogen-bond donors (Lipinski definition) is 1. The molecule has 1 atom stereocenters. The molecule has 1 unspecified atom stereocenters. The number of halogens is 2. The third-order valence-corrected chi connectivity index (χ3v) is 3.24. The Morgan fingerprint density at radius 2 is 2.11 bits per heavy atom. The SMILES string of the molecule is CC(C)n1ccc(CC(O)c2ccc(F)cc2Cl)n1. The van der Waals surface area contributed by atoms with E-state index in [4.69, 9.17) is 11.6 Å². The van der Waals surface area contributed by atoms with Gasteiger partial charge in [-0.25, -0.2) is 4.39 Å². The first-order chi connectivity index (χ1) is 8.97. The van der Waals surface area contributed by atoms with Crippen LogP contribution in [0.3, 0.4) is 0 Å². The number of nitrogens with zero attached hydrogens (tertiary/aromatic N) is 2. The molecule has 0 aliphatic heterocycles. The molecular weight excluding hydrogens is 267 g/mol. The van der Waals surface area contributed by atoms with E-state index < -0.39 is 11.9 Å². The van der Waals surface area contributed by atoms with E-state index >= 15 is 0 Å². The highest BCUT2D eigenvalue weighted by molar-refractivity contribution is 6.31. The minimum atomic E-state index is -0.788. The van der Waals surface area contributed by atoms with E-state index in [9.17, 15) is 9.50 Å². The number of aliphatic hydroxyl groups is 1. The Morgan fingerprint density at radius 1 is 1.37 bits per heavy atom. The first-order valence-corrected chi connectivity index (χ1v) is 6.52. The lowest BCUT2D eigenvalue weighted by Crippen LogP contribution is -2.06. The Hall–Kier alpha value is -1.39. The summed E-state index contributed by atoms with van der Waals surface area (Å²) in [6, 6.07) is 6.13. The average Bonchev–Trinajstić information content (AvgIpc) is 2.77. The van der Waals surface area contributed by atoms with Crippen molar-refractivity contribution in [2.24, 2.45) is 0 Å². The molecule has 1 aromatic carbocycles. The summed E-state index contributed by atoms with van der Waals surface area (Å²) in [4.78, 5) is 0. The maximum Gasteiger partial charge on any atom is 0.124 e. The van der Waals surface area contributed by atoms with Crippen LogP contribution in [0.5, 0.6) is 0 Å². The van der Waals surface area contributed by atoms with Crippen molar-refractivity contribution in [3.8, 4) is 0 Å². The van der Waals surface area contributed by atoms with Crippen molar-refractivity contribution in [1.82, 2.24) is 9.78 Å². The molecule has 1 aromatic heterocycles. The molecule has 2 aromatic rings. The summed E-state index contributed by atoms with van der Waals surface area (Å²) in [5, 5.41) is 14.7. The van der Waals surface area contributed by atoms with Crippen LogP contribution in [0.4, 0.5) is 4.39 Å². The number of hydrogen-bond acceptors (Lipinski definition) is 2. The molecule has 0 aliphatic carbocycles. The molecule has 0 fully saturated rings. The van der Waals surface area contributed by atoms with Crippen LogP contribution in [0.1, 0.15) is 37.3 Å². The molecule has 102 valence electrons. The number of benzene rings is 1. The van der Waals surface area contributed by atoms with E-state index in [1.807, 2.05) is 30.8 Å². The summed E-state index contributed by atoms with van der Waals surface area (Å²) in [6.45, 7) is 4.06. The van der Waals surface area contributed by atoms with Gasteiger partial charge in [0.05, 0.1) is 11.8 Å². The Kier molecular flexibility index (Phi) is 4.22. The van der Waals surface area contributed by atoms with Crippen molar-refractivity contribution < 1.29 is 9.50 Å². The second-order valence-corrected chi connectivity index (χ2v) is 5.17. The summed E-state index contributed by atoms with van der Waals surface area (Å²) >= 11 is 5.92. The van der Waals surface area contributed by atoms with Crippen molar-refractivity contribution in [3.63, 3.8) is 0 Å². The third-order valence-electron chi connectivity index (χ3n) is 2.92. The predicted molar refractivity (Wildman–Crippen MR) is 72.7 cm³/mol. The van der Waals surface area contributed by atoms with E-state index in [0.29, 0.717) is 12.0 Å². The highest BCUT2D eigenvalue weighted by Gasteiger charge is 2.14. The lowest BCUT2D eigenvalue weighted by atomic mass is 10.1. The van der Waals surface area contributed by atoms with Crippen molar-refractivity contribution in [2.75, 3.05) is 0 Å². The second kappa shape index (κ2) is 5.72. The molecule has 0 saturated heterocycles. The van der Waals surface area contributed by atoms with E-state index in [-0.39, 0.29) is 11.1 Å². The van der Waals surface area contributed by atoms with Gasteiger partial charge in [-0.15, -0.1) is 0 Å². The minimum absolute atomic E-state index is 0.232. The quantitative estimate of drug-likeness (QED) is 0.931. The maximum absolute atomic E-state index is 12.9. The van der Waals surface area contributed by atoms with Crippen LogP contribution >= 0.6 is 11.6 Å². The molecule has 3 nitrogen and oxygen atoms in total. The Morgan fingerprint density at radius 3 is 2.68 bits per heavy atom. The van der Waals surface area contributed by atoms with E-state index in [2.05, 4.69) is 5.10 Å². The Labute approximate surface area is 116 Å². The monoisotopic (exact) mass is 282 g/mol. The van der Waals surface area contributed by atoms with Gasteiger partial charge in [-0.05, 0) is 37.6 Å². The molecule has 19 heavy (non-hydrogen) atoms. The highest BCUT2D eigenvalue weighted by atomic mass is 35.5. The summed E-state index contributed by atoms with van der Waals surface area (Å²) in [5.74, 6) is -0.412. The Balaban J connectivity index is 2.13. The maximum atomic E-state index is 12.9. The van der Waals surface area contributed by atoms with Gasteiger partial charge >= 0.3 is 0 Å². The molecule has 1 heterocycles. The fourth-order valence-electron chi connectivity index (χ4n) is 1.85. The fourth-order valence-corrected chi connectivity index (χ4v) is 2.15. The number of rotatable bonds is 4. The van der Waals surface area contributed by atoms with E-state index in [1.165, 1.54) is 18.2 Å². The third kappa shape index (κ3) is 3.33. The molecule has 0 radical (unpaired) electrons. The van der Waals surface area contributed by atoms with Crippen LogP contribution in [-0.4, -0.2) is 14.9 Å². The lowest BCUT2D eigenvalue weighted by molar-refractivity contribution is 0.177. The van der Waals surface area contributed by atoms with Gasteiger partial charge in [-0.1, -0.05) is 17.7 Å². The van der Waals surface area contributed by atoms with Gasteiger partial charge in [0.25, 0.3) is 0 Å². The standard InChI is InChI=1S/C14H16ClFN2O/c1-9(2)18-6-5-11(17-18)8-14(19)12-4-3-10(16)7-13(12)15/h3-7,9,14,19H,8H2,1-2H3. The summed E-state index contributed by atoms with van der Waals surface area (Å²) in [6.07, 6.45) is 1.44. The zero-order chi connectivity index (χ0) is 14.0. The van der Waals surface area contributed by atoms with Crippen LogP contribution in [0.25, 0.3) is 0 Å². The topological polar surface area (TPSA) is 38.0 Å². The molecule has 5 heteroatoms. The van der Waals surface area contributed by atoms with Gasteiger partial charge < -0.3 is 5.11 Å². The zero-order valence-electron chi connectivity index (χ0n) is 10.8. The van der Waals surface area contributed by atoms with Crippen molar-refractivity contribution in [3.05, 3.63) is 52.6 Å². The predicted octanol–water partition coefficient (Wildman–Crippen LogP) is 3.53. The van der Waals surface area contributed by atoms with Crippen molar-refractivity contribution >= 4 is 11.6 Å². The molecule has 1 N–H and O–H groups in total. The highest BCUT2D eigenvalue weighted by Crippen LogP contribution is 2.26.